The minimum atomic E-state index is -0.226. The Labute approximate surface area is 169 Å². The maximum atomic E-state index is 12.5. The monoisotopic (exact) mass is 388 g/mol. The molecule has 1 unspecified atom stereocenters. The van der Waals surface area contributed by atoms with Gasteiger partial charge in [0.2, 0.25) is 0 Å². The zero-order valence-electron chi connectivity index (χ0n) is 16.6. The van der Waals surface area contributed by atoms with Crippen molar-refractivity contribution in [2.45, 2.75) is 26.4 Å². The van der Waals surface area contributed by atoms with Crippen molar-refractivity contribution in [3.05, 3.63) is 89.6 Å². The molecule has 1 atom stereocenters. The lowest BCUT2D eigenvalue weighted by atomic mass is 10.0. The molecule has 0 saturated carbocycles. The van der Waals surface area contributed by atoms with E-state index >= 15 is 0 Å². The molecule has 2 aromatic heterocycles. The van der Waals surface area contributed by atoms with Crippen molar-refractivity contribution in [2.24, 2.45) is 0 Å². The van der Waals surface area contributed by atoms with Crippen LogP contribution in [0.4, 0.5) is 4.79 Å². The van der Waals surface area contributed by atoms with E-state index in [0.29, 0.717) is 13.1 Å². The van der Waals surface area contributed by atoms with Gasteiger partial charge in [-0.15, -0.1) is 0 Å². The fourth-order valence-corrected chi connectivity index (χ4v) is 3.62. The first kappa shape index (κ1) is 18.8. The molecule has 0 aliphatic rings. The van der Waals surface area contributed by atoms with Gasteiger partial charge in [0.15, 0.2) is 0 Å². The van der Waals surface area contributed by atoms with Gasteiger partial charge in [-0.25, -0.2) is 4.79 Å². The third-order valence-corrected chi connectivity index (χ3v) is 4.99. The summed E-state index contributed by atoms with van der Waals surface area (Å²) in [6.45, 7) is 4.78. The molecule has 0 saturated heterocycles. The Morgan fingerprint density at radius 2 is 1.90 bits per heavy atom. The molecule has 29 heavy (non-hydrogen) atoms. The summed E-state index contributed by atoms with van der Waals surface area (Å²) in [5, 5.41) is 12.8. The first-order chi connectivity index (χ1) is 14.1. The number of furan rings is 1. The predicted octanol–water partition coefficient (Wildman–Crippen LogP) is 4.33. The number of amides is 2. The number of carbonyl (C=O) groups is 1. The highest BCUT2D eigenvalue weighted by Gasteiger charge is 2.20. The number of aromatic nitrogens is 2. The van der Waals surface area contributed by atoms with E-state index in [2.05, 4.69) is 33.9 Å². The molecule has 2 amide bonds. The molecule has 0 fully saturated rings. The van der Waals surface area contributed by atoms with Gasteiger partial charge < -0.3 is 15.1 Å². The highest BCUT2D eigenvalue weighted by Crippen LogP contribution is 2.21. The fourth-order valence-electron chi connectivity index (χ4n) is 3.62. The van der Waals surface area contributed by atoms with E-state index in [0.717, 1.165) is 33.5 Å². The molecule has 0 aliphatic heterocycles. The standard InChI is InChI=1S/C23H24N4O2/c1-16-13-17(2)27(26-16)21(22-11-6-12-29-22)15-25-23(28)24-14-19-9-5-8-18-7-3-4-10-20(18)19/h3-13,21H,14-15H2,1-2H3,(H2,24,25,28). The van der Waals surface area contributed by atoms with E-state index in [-0.39, 0.29) is 12.1 Å². The highest BCUT2D eigenvalue weighted by atomic mass is 16.3. The molecule has 4 rings (SSSR count). The predicted molar refractivity (Wildman–Crippen MR) is 113 cm³/mol. The molecule has 0 spiro atoms. The number of nitrogens with one attached hydrogen (secondary N) is 2. The zero-order valence-corrected chi connectivity index (χ0v) is 16.6. The first-order valence-corrected chi connectivity index (χ1v) is 9.66. The molecule has 0 bridgehead atoms. The van der Waals surface area contributed by atoms with Crippen LogP contribution in [0.1, 0.15) is 28.8 Å². The molecule has 0 radical (unpaired) electrons. The van der Waals surface area contributed by atoms with Gasteiger partial charge in [0.1, 0.15) is 11.8 Å². The highest BCUT2D eigenvalue weighted by molar-refractivity contribution is 5.86. The maximum Gasteiger partial charge on any atom is 0.315 e. The summed E-state index contributed by atoms with van der Waals surface area (Å²) in [5.41, 5.74) is 3.03. The molecule has 0 aliphatic carbocycles. The largest absolute Gasteiger partial charge is 0.467 e. The second kappa shape index (κ2) is 8.22. The minimum Gasteiger partial charge on any atom is -0.467 e. The van der Waals surface area contributed by atoms with Crippen LogP contribution in [0.3, 0.4) is 0 Å². The topological polar surface area (TPSA) is 72.1 Å². The van der Waals surface area contributed by atoms with E-state index in [1.165, 1.54) is 0 Å². The molecular formula is C23H24N4O2. The SMILES string of the molecule is Cc1cc(C)n(C(CNC(=O)NCc2cccc3ccccc23)c2ccco2)n1. The Hall–Kier alpha value is -3.54. The van der Waals surface area contributed by atoms with Gasteiger partial charge in [-0.1, -0.05) is 42.5 Å². The molecule has 2 aromatic carbocycles. The van der Waals surface area contributed by atoms with E-state index in [9.17, 15) is 4.79 Å². The van der Waals surface area contributed by atoms with Crippen molar-refractivity contribution in [3.63, 3.8) is 0 Å². The summed E-state index contributed by atoms with van der Waals surface area (Å²) < 4.78 is 7.48. The number of nitrogens with zero attached hydrogens (tertiary/aromatic N) is 2. The Balaban J connectivity index is 1.42. The van der Waals surface area contributed by atoms with Crippen molar-refractivity contribution in [1.29, 1.82) is 0 Å². The number of rotatable bonds is 6. The van der Waals surface area contributed by atoms with Gasteiger partial charge in [-0.2, -0.15) is 5.10 Å². The van der Waals surface area contributed by atoms with Crippen molar-refractivity contribution in [3.8, 4) is 0 Å². The van der Waals surface area contributed by atoms with Gasteiger partial charge in [0, 0.05) is 18.8 Å². The van der Waals surface area contributed by atoms with Crippen LogP contribution in [0, 0.1) is 13.8 Å². The fraction of sp³-hybridized carbons (Fsp3) is 0.217. The summed E-state index contributed by atoms with van der Waals surface area (Å²) in [7, 11) is 0. The van der Waals surface area contributed by atoms with Crippen molar-refractivity contribution in [1.82, 2.24) is 20.4 Å². The quantitative estimate of drug-likeness (QED) is 0.516. The summed E-state index contributed by atoms with van der Waals surface area (Å²) in [4.78, 5) is 12.5. The van der Waals surface area contributed by atoms with Crippen LogP contribution < -0.4 is 10.6 Å². The van der Waals surface area contributed by atoms with Crippen LogP contribution in [0.2, 0.25) is 0 Å². The van der Waals surface area contributed by atoms with Gasteiger partial charge in [0.05, 0.1) is 12.0 Å². The molecule has 6 heteroatoms. The number of benzene rings is 2. The normalized spacial score (nSPS) is 12.1. The van der Waals surface area contributed by atoms with Crippen LogP contribution in [0.25, 0.3) is 10.8 Å². The van der Waals surface area contributed by atoms with Crippen molar-refractivity contribution < 1.29 is 9.21 Å². The van der Waals surface area contributed by atoms with Crippen LogP contribution in [-0.4, -0.2) is 22.4 Å². The maximum absolute atomic E-state index is 12.5. The van der Waals surface area contributed by atoms with E-state index in [1.54, 1.807) is 6.26 Å². The summed E-state index contributed by atoms with van der Waals surface area (Å²) in [5.74, 6) is 0.755. The lowest BCUT2D eigenvalue weighted by Gasteiger charge is -2.18. The third kappa shape index (κ3) is 4.16. The van der Waals surface area contributed by atoms with Gasteiger partial charge in [-0.05, 0) is 48.4 Å². The number of aryl methyl sites for hydroxylation is 2. The zero-order chi connectivity index (χ0) is 20.2. The molecular weight excluding hydrogens is 364 g/mol. The summed E-state index contributed by atoms with van der Waals surface area (Å²) in [6, 6.07) is 19.6. The molecule has 4 aromatic rings. The third-order valence-electron chi connectivity index (χ3n) is 4.99. The number of hydrogen-bond donors (Lipinski definition) is 2. The van der Waals surface area contributed by atoms with Crippen molar-refractivity contribution >= 4 is 16.8 Å². The van der Waals surface area contributed by atoms with Crippen LogP contribution in [-0.2, 0) is 6.54 Å². The number of hydrogen-bond acceptors (Lipinski definition) is 3. The van der Waals surface area contributed by atoms with E-state index in [4.69, 9.17) is 4.42 Å². The first-order valence-electron chi connectivity index (χ1n) is 9.66. The summed E-state index contributed by atoms with van der Waals surface area (Å²) in [6.07, 6.45) is 1.63. The lowest BCUT2D eigenvalue weighted by Crippen LogP contribution is -2.39. The Bertz CT molecular complexity index is 1110. The van der Waals surface area contributed by atoms with Crippen LogP contribution >= 0.6 is 0 Å². The number of carbonyl (C=O) groups excluding carboxylic acids is 1. The smallest absolute Gasteiger partial charge is 0.315 e. The lowest BCUT2D eigenvalue weighted by molar-refractivity contribution is 0.238. The molecule has 2 heterocycles. The van der Waals surface area contributed by atoms with Gasteiger partial charge >= 0.3 is 6.03 Å². The Morgan fingerprint density at radius 1 is 1.07 bits per heavy atom. The van der Waals surface area contributed by atoms with Gasteiger partial charge in [0.25, 0.3) is 0 Å². The van der Waals surface area contributed by atoms with Crippen molar-refractivity contribution in [2.75, 3.05) is 6.54 Å². The molecule has 148 valence electrons. The number of fused-ring (bicyclic) bond motifs is 1. The van der Waals surface area contributed by atoms with Gasteiger partial charge in [-0.3, -0.25) is 4.68 Å². The minimum absolute atomic E-state index is 0.206. The Kier molecular flexibility index (Phi) is 5.33. The molecule has 6 nitrogen and oxygen atoms in total. The second-order valence-electron chi connectivity index (χ2n) is 7.10. The Morgan fingerprint density at radius 3 is 2.66 bits per heavy atom. The molecule has 2 N–H and O–H groups in total. The van der Waals surface area contributed by atoms with E-state index < -0.39 is 0 Å². The second-order valence-corrected chi connectivity index (χ2v) is 7.10. The average molecular weight is 388 g/mol. The van der Waals surface area contributed by atoms with Crippen LogP contribution in [0.15, 0.2) is 71.3 Å². The average Bonchev–Trinajstić information content (AvgIpc) is 3.36. The summed E-state index contributed by atoms with van der Waals surface area (Å²) >= 11 is 0. The van der Waals surface area contributed by atoms with Crippen LogP contribution in [0.5, 0.6) is 0 Å². The number of urea groups is 1. The van der Waals surface area contributed by atoms with E-state index in [1.807, 2.05) is 61.0 Å².